The molecule has 1 fully saturated rings. The fraction of sp³-hybridized carbons (Fsp3) is 0.750. The van der Waals surface area contributed by atoms with Crippen molar-refractivity contribution in [3.05, 3.63) is 0 Å². The molecule has 0 aromatic heterocycles. The molecule has 0 aromatic rings. The zero-order chi connectivity index (χ0) is 6.20. The van der Waals surface area contributed by atoms with E-state index in [1.807, 2.05) is 0 Å². The normalized spacial score (nSPS) is 24.1. The molecular formula is C4H6FNO2. The summed E-state index contributed by atoms with van der Waals surface area (Å²) >= 11 is 0. The van der Waals surface area contributed by atoms with E-state index in [0.29, 0.717) is 0 Å². The van der Waals surface area contributed by atoms with Crippen molar-refractivity contribution in [3.8, 4) is 0 Å². The van der Waals surface area contributed by atoms with Crippen LogP contribution >= 0.6 is 0 Å². The predicted molar refractivity (Wildman–Crippen MR) is 23.9 cm³/mol. The number of carbonyl (C=O) groups excluding carboxylic acids is 1. The molecule has 0 radical (unpaired) electrons. The Morgan fingerprint density at radius 1 is 1.75 bits per heavy atom. The molecule has 0 aliphatic carbocycles. The van der Waals surface area contributed by atoms with Crippen molar-refractivity contribution in [2.45, 2.75) is 5.67 Å². The van der Waals surface area contributed by atoms with Crippen LogP contribution < -0.4 is 5.73 Å². The summed E-state index contributed by atoms with van der Waals surface area (Å²) in [5, 5.41) is 0. The molecule has 0 saturated carbocycles. The van der Waals surface area contributed by atoms with Gasteiger partial charge < -0.3 is 10.5 Å². The molecule has 1 rings (SSSR count). The van der Waals surface area contributed by atoms with Crippen molar-refractivity contribution in [2.24, 2.45) is 5.73 Å². The van der Waals surface area contributed by atoms with Gasteiger partial charge in [-0.1, -0.05) is 0 Å². The molecule has 0 atom stereocenters. The predicted octanol–water partition coefficient (Wildman–Crippen LogP) is -0.790. The van der Waals surface area contributed by atoms with E-state index in [2.05, 4.69) is 10.5 Å². The van der Waals surface area contributed by atoms with Gasteiger partial charge in [0.15, 0.2) is 0 Å². The summed E-state index contributed by atoms with van der Waals surface area (Å²) in [5.74, 6) is -0.927. The van der Waals surface area contributed by atoms with Crippen molar-refractivity contribution in [1.29, 1.82) is 0 Å². The summed E-state index contributed by atoms with van der Waals surface area (Å²) in [7, 11) is 0. The third kappa shape index (κ3) is 0.571. The van der Waals surface area contributed by atoms with Gasteiger partial charge in [-0.05, 0) is 0 Å². The van der Waals surface area contributed by atoms with E-state index in [9.17, 15) is 9.18 Å². The second-order valence-electron chi connectivity index (χ2n) is 1.82. The molecule has 46 valence electrons. The van der Waals surface area contributed by atoms with Gasteiger partial charge in [-0.2, -0.15) is 0 Å². The van der Waals surface area contributed by atoms with E-state index in [1.165, 1.54) is 0 Å². The summed E-state index contributed by atoms with van der Waals surface area (Å²) in [4.78, 5) is 10.1. The Bertz CT molecular complexity index is 121. The lowest BCUT2D eigenvalue weighted by molar-refractivity contribution is -0.163. The Morgan fingerprint density at radius 3 is 2.25 bits per heavy atom. The van der Waals surface area contributed by atoms with Crippen molar-refractivity contribution in [2.75, 3.05) is 13.2 Å². The average Bonchev–Trinajstić information content (AvgIpc) is 1.60. The van der Waals surface area contributed by atoms with E-state index in [4.69, 9.17) is 0 Å². The third-order valence-corrected chi connectivity index (χ3v) is 1.10. The van der Waals surface area contributed by atoms with Crippen LogP contribution in [0.3, 0.4) is 0 Å². The molecule has 1 aliphatic heterocycles. The fourth-order valence-corrected chi connectivity index (χ4v) is 0.424. The molecule has 1 heterocycles. The number of halogens is 1. The van der Waals surface area contributed by atoms with Crippen LogP contribution in [0.1, 0.15) is 0 Å². The Kier molecular flexibility index (Phi) is 0.973. The van der Waals surface area contributed by atoms with E-state index in [-0.39, 0.29) is 13.2 Å². The summed E-state index contributed by atoms with van der Waals surface area (Å²) in [6, 6.07) is 0. The first kappa shape index (κ1) is 5.50. The number of ether oxygens (including phenoxy) is 1. The number of hydrogen-bond acceptors (Lipinski definition) is 2. The van der Waals surface area contributed by atoms with Crippen LogP contribution in [0.5, 0.6) is 0 Å². The minimum Gasteiger partial charge on any atom is -0.373 e. The van der Waals surface area contributed by atoms with Gasteiger partial charge in [0.2, 0.25) is 5.67 Å². The average molecular weight is 119 g/mol. The van der Waals surface area contributed by atoms with Crippen LogP contribution in [0.25, 0.3) is 0 Å². The highest BCUT2D eigenvalue weighted by Crippen LogP contribution is 2.20. The topological polar surface area (TPSA) is 52.3 Å². The Morgan fingerprint density at radius 2 is 2.25 bits per heavy atom. The summed E-state index contributed by atoms with van der Waals surface area (Å²) in [6.07, 6.45) is 0. The number of rotatable bonds is 1. The van der Waals surface area contributed by atoms with Crippen LogP contribution in [0.2, 0.25) is 0 Å². The van der Waals surface area contributed by atoms with Gasteiger partial charge in [-0.3, -0.25) is 4.79 Å². The van der Waals surface area contributed by atoms with E-state index >= 15 is 0 Å². The van der Waals surface area contributed by atoms with E-state index in [1.54, 1.807) is 0 Å². The Hall–Kier alpha value is -0.640. The molecule has 1 aliphatic rings. The van der Waals surface area contributed by atoms with E-state index < -0.39 is 11.6 Å². The number of carbonyl (C=O) groups is 1. The molecule has 8 heavy (non-hydrogen) atoms. The molecule has 0 bridgehead atoms. The molecule has 1 saturated heterocycles. The lowest BCUT2D eigenvalue weighted by Gasteiger charge is -2.29. The van der Waals surface area contributed by atoms with Crippen LogP contribution in [-0.4, -0.2) is 24.8 Å². The lowest BCUT2D eigenvalue weighted by Crippen LogP contribution is -2.55. The van der Waals surface area contributed by atoms with Gasteiger partial charge in [0.25, 0.3) is 5.91 Å². The molecule has 3 nitrogen and oxygen atoms in total. The van der Waals surface area contributed by atoms with Crippen molar-refractivity contribution in [1.82, 2.24) is 0 Å². The minimum absolute atomic E-state index is 0.178. The number of alkyl halides is 1. The number of hydrogen-bond donors (Lipinski definition) is 1. The SMILES string of the molecule is NC(=O)C1(F)COC1. The Balaban J connectivity index is 2.53. The van der Waals surface area contributed by atoms with Crippen molar-refractivity contribution in [3.63, 3.8) is 0 Å². The van der Waals surface area contributed by atoms with Crippen LogP contribution in [-0.2, 0) is 9.53 Å². The first-order chi connectivity index (χ1) is 3.65. The van der Waals surface area contributed by atoms with E-state index in [0.717, 1.165) is 0 Å². The maximum atomic E-state index is 12.4. The Labute approximate surface area is 45.6 Å². The van der Waals surface area contributed by atoms with Gasteiger partial charge in [0.05, 0.1) is 13.2 Å². The smallest absolute Gasteiger partial charge is 0.260 e. The third-order valence-electron chi connectivity index (χ3n) is 1.10. The summed E-state index contributed by atoms with van der Waals surface area (Å²) in [6.45, 7) is -0.356. The molecule has 2 N–H and O–H groups in total. The highest BCUT2D eigenvalue weighted by molar-refractivity contribution is 5.84. The largest absolute Gasteiger partial charge is 0.373 e. The highest BCUT2D eigenvalue weighted by atomic mass is 19.1. The standard InChI is InChI=1S/C4H6FNO2/c5-4(3(6)7)1-8-2-4/h1-2H2,(H2,6,7). The first-order valence-corrected chi connectivity index (χ1v) is 2.22. The van der Waals surface area contributed by atoms with Gasteiger partial charge in [-0.25, -0.2) is 4.39 Å². The number of primary amides is 1. The van der Waals surface area contributed by atoms with Crippen LogP contribution in [0, 0.1) is 0 Å². The molecule has 0 unspecified atom stereocenters. The maximum Gasteiger partial charge on any atom is 0.260 e. The number of amides is 1. The zero-order valence-corrected chi connectivity index (χ0v) is 4.19. The highest BCUT2D eigenvalue weighted by Gasteiger charge is 2.44. The first-order valence-electron chi connectivity index (χ1n) is 2.22. The van der Waals surface area contributed by atoms with Crippen LogP contribution in [0.15, 0.2) is 0 Å². The zero-order valence-electron chi connectivity index (χ0n) is 4.19. The van der Waals surface area contributed by atoms with Gasteiger partial charge in [0.1, 0.15) is 0 Å². The summed E-state index contributed by atoms with van der Waals surface area (Å²) in [5.41, 5.74) is 2.78. The molecule has 0 spiro atoms. The second-order valence-corrected chi connectivity index (χ2v) is 1.82. The monoisotopic (exact) mass is 119 g/mol. The molecule has 0 aromatic carbocycles. The van der Waals surface area contributed by atoms with Crippen molar-refractivity contribution < 1.29 is 13.9 Å². The number of nitrogens with two attached hydrogens (primary N) is 1. The quantitative estimate of drug-likeness (QED) is 0.491. The molecular weight excluding hydrogens is 113 g/mol. The lowest BCUT2D eigenvalue weighted by atomic mass is 10.1. The van der Waals surface area contributed by atoms with Gasteiger partial charge in [-0.15, -0.1) is 0 Å². The molecule has 4 heteroatoms. The second kappa shape index (κ2) is 1.42. The summed E-state index contributed by atoms with van der Waals surface area (Å²) < 4.78 is 16.9. The molecule has 1 amide bonds. The van der Waals surface area contributed by atoms with Crippen molar-refractivity contribution >= 4 is 5.91 Å². The fourth-order valence-electron chi connectivity index (χ4n) is 0.424. The minimum atomic E-state index is -1.86. The van der Waals surface area contributed by atoms with Gasteiger partial charge >= 0.3 is 0 Å². The van der Waals surface area contributed by atoms with Crippen LogP contribution in [0.4, 0.5) is 4.39 Å². The maximum absolute atomic E-state index is 12.4. The van der Waals surface area contributed by atoms with Gasteiger partial charge in [0, 0.05) is 0 Å².